The maximum Gasteiger partial charge on any atom is 0.318 e. The van der Waals surface area contributed by atoms with E-state index in [-0.39, 0.29) is 0 Å². The quantitative estimate of drug-likeness (QED) is 0.837. The van der Waals surface area contributed by atoms with Gasteiger partial charge in [-0.15, -0.1) is 0 Å². The molecule has 0 amide bonds. The molecule has 1 aromatic carbocycles. The average molecular weight is 259 g/mol. The van der Waals surface area contributed by atoms with Crippen LogP contribution in [0.5, 0.6) is 5.75 Å². The monoisotopic (exact) mass is 258 g/mol. The van der Waals surface area contributed by atoms with Crippen molar-refractivity contribution in [1.29, 1.82) is 0 Å². The van der Waals surface area contributed by atoms with Crippen LogP contribution in [-0.2, 0) is 14.9 Å². The van der Waals surface area contributed by atoms with Crippen molar-refractivity contribution in [1.82, 2.24) is 0 Å². The molecule has 0 fully saturated rings. The fourth-order valence-electron chi connectivity index (χ4n) is 1.54. The minimum absolute atomic E-state index is 0.382. The van der Waals surface area contributed by atoms with Gasteiger partial charge in [0, 0.05) is 5.02 Å². The van der Waals surface area contributed by atoms with Crippen molar-refractivity contribution in [3.63, 3.8) is 0 Å². The third-order valence-electron chi connectivity index (χ3n) is 2.72. The number of aliphatic hydroxyl groups excluding tert-OH is 1. The zero-order valence-corrected chi connectivity index (χ0v) is 10.7. The van der Waals surface area contributed by atoms with Gasteiger partial charge >= 0.3 is 5.97 Å². The predicted octanol–water partition coefficient (Wildman–Crippen LogP) is 1.77. The third kappa shape index (κ3) is 2.53. The van der Waals surface area contributed by atoms with Crippen LogP contribution in [0.2, 0.25) is 5.02 Å². The van der Waals surface area contributed by atoms with Crippen LogP contribution in [0.15, 0.2) is 18.2 Å². The van der Waals surface area contributed by atoms with Gasteiger partial charge in [0.25, 0.3) is 0 Å². The normalized spacial score (nSPS) is 13.9. The van der Waals surface area contributed by atoms with Crippen LogP contribution in [0.25, 0.3) is 0 Å². The Morgan fingerprint density at radius 2 is 2.12 bits per heavy atom. The first-order valence-electron chi connectivity index (χ1n) is 5.03. The molecule has 1 atom stereocenters. The Labute approximate surface area is 105 Å². The molecule has 1 aromatic rings. The van der Waals surface area contributed by atoms with Gasteiger partial charge < -0.3 is 14.6 Å². The minimum atomic E-state index is -1.19. The number of rotatable bonds is 4. The maximum atomic E-state index is 11.7. The number of aliphatic hydroxyl groups is 1. The fraction of sp³-hybridized carbons (Fsp3) is 0.417. The molecule has 0 saturated carbocycles. The first-order valence-corrected chi connectivity index (χ1v) is 5.40. The summed E-state index contributed by atoms with van der Waals surface area (Å²) in [7, 11) is 2.78. The van der Waals surface area contributed by atoms with Crippen molar-refractivity contribution in [2.24, 2.45) is 0 Å². The molecule has 94 valence electrons. The van der Waals surface area contributed by atoms with E-state index in [1.807, 2.05) is 0 Å². The lowest BCUT2D eigenvalue weighted by Gasteiger charge is -2.26. The highest BCUT2D eigenvalue weighted by Crippen LogP contribution is 2.33. The SMILES string of the molecule is COC(=O)[C@@](C)(CO)c1cc(OC)ccc1Cl. The van der Waals surface area contributed by atoms with Crippen molar-refractivity contribution in [2.45, 2.75) is 12.3 Å². The molecule has 0 aromatic heterocycles. The number of carbonyl (C=O) groups is 1. The summed E-state index contributed by atoms with van der Waals surface area (Å²) in [4.78, 5) is 11.7. The molecule has 4 nitrogen and oxygen atoms in total. The summed E-state index contributed by atoms with van der Waals surface area (Å²) >= 11 is 6.04. The first-order chi connectivity index (χ1) is 7.99. The highest BCUT2D eigenvalue weighted by molar-refractivity contribution is 6.31. The molecule has 0 aliphatic heterocycles. The van der Waals surface area contributed by atoms with E-state index in [1.54, 1.807) is 25.1 Å². The maximum absolute atomic E-state index is 11.7. The lowest BCUT2D eigenvalue weighted by molar-refractivity contribution is -0.148. The highest BCUT2D eigenvalue weighted by Gasteiger charge is 2.37. The minimum Gasteiger partial charge on any atom is -0.497 e. The van der Waals surface area contributed by atoms with Crippen LogP contribution in [0.4, 0.5) is 0 Å². The van der Waals surface area contributed by atoms with E-state index in [2.05, 4.69) is 0 Å². The Morgan fingerprint density at radius 1 is 1.47 bits per heavy atom. The second-order valence-electron chi connectivity index (χ2n) is 3.83. The van der Waals surface area contributed by atoms with E-state index in [0.29, 0.717) is 16.3 Å². The Bertz CT molecular complexity index is 419. The van der Waals surface area contributed by atoms with Crippen LogP contribution in [0.3, 0.4) is 0 Å². The summed E-state index contributed by atoms with van der Waals surface area (Å²) in [6.07, 6.45) is 0. The third-order valence-corrected chi connectivity index (χ3v) is 3.05. The molecule has 1 N–H and O–H groups in total. The van der Waals surface area contributed by atoms with E-state index in [9.17, 15) is 9.90 Å². The molecule has 0 heterocycles. The summed E-state index contributed by atoms with van der Waals surface area (Å²) in [5.74, 6) is 0.0168. The van der Waals surface area contributed by atoms with Gasteiger partial charge in [0.15, 0.2) is 0 Å². The molecule has 0 saturated heterocycles. The predicted molar refractivity (Wildman–Crippen MR) is 64.5 cm³/mol. The van der Waals surface area contributed by atoms with Crippen molar-refractivity contribution in [3.8, 4) is 5.75 Å². The van der Waals surface area contributed by atoms with Gasteiger partial charge in [0.1, 0.15) is 11.2 Å². The number of halogens is 1. The standard InChI is InChI=1S/C12H15ClO4/c1-12(7-14,11(15)17-3)9-6-8(16-2)4-5-10(9)13/h4-6,14H,7H2,1-3H3/t12-/m0/s1. The Morgan fingerprint density at radius 3 is 2.59 bits per heavy atom. The van der Waals surface area contributed by atoms with Crippen LogP contribution in [-0.4, -0.2) is 31.9 Å². The van der Waals surface area contributed by atoms with Gasteiger partial charge in [-0.1, -0.05) is 11.6 Å². The summed E-state index contributed by atoms with van der Waals surface area (Å²) in [6, 6.07) is 4.92. The second-order valence-corrected chi connectivity index (χ2v) is 4.23. The first kappa shape index (κ1) is 13.8. The number of benzene rings is 1. The van der Waals surface area contributed by atoms with Crippen LogP contribution in [0.1, 0.15) is 12.5 Å². The van der Waals surface area contributed by atoms with Crippen molar-refractivity contribution in [2.75, 3.05) is 20.8 Å². The van der Waals surface area contributed by atoms with Gasteiger partial charge in [-0.3, -0.25) is 4.79 Å². The van der Waals surface area contributed by atoms with Gasteiger partial charge in [-0.2, -0.15) is 0 Å². The molecule has 0 spiro atoms. The molecule has 5 heteroatoms. The number of hydrogen-bond donors (Lipinski definition) is 1. The van der Waals surface area contributed by atoms with Crippen molar-refractivity contribution >= 4 is 17.6 Å². The molecule has 0 unspecified atom stereocenters. The highest BCUT2D eigenvalue weighted by atomic mass is 35.5. The summed E-state index contributed by atoms with van der Waals surface area (Å²) in [5, 5.41) is 9.81. The number of ether oxygens (including phenoxy) is 2. The number of carbonyl (C=O) groups excluding carboxylic acids is 1. The smallest absolute Gasteiger partial charge is 0.318 e. The lowest BCUT2D eigenvalue weighted by Crippen LogP contribution is -2.37. The topological polar surface area (TPSA) is 55.8 Å². The van der Waals surface area contributed by atoms with Gasteiger partial charge in [-0.25, -0.2) is 0 Å². The molecule has 0 radical (unpaired) electrons. The van der Waals surface area contributed by atoms with Gasteiger partial charge in [0.2, 0.25) is 0 Å². The molecular weight excluding hydrogens is 244 g/mol. The molecule has 0 bridgehead atoms. The van der Waals surface area contributed by atoms with Crippen molar-refractivity contribution in [3.05, 3.63) is 28.8 Å². The average Bonchev–Trinajstić information content (AvgIpc) is 2.37. The van der Waals surface area contributed by atoms with Gasteiger partial charge in [-0.05, 0) is 30.7 Å². The Kier molecular flexibility index (Phi) is 4.37. The van der Waals surface area contributed by atoms with E-state index in [1.165, 1.54) is 14.2 Å². The van der Waals surface area contributed by atoms with Crippen LogP contribution >= 0.6 is 11.6 Å². The molecule has 0 aliphatic carbocycles. The second kappa shape index (κ2) is 5.38. The van der Waals surface area contributed by atoms with E-state index >= 15 is 0 Å². The summed E-state index contributed by atoms with van der Waals surface area (Å²) in [5.41, 5.74) is -0.715. The number of methoxy groups -OCH3 is 2. The molecule has 0 aliphatic rings. The molecule has 17 heavy (non-hydrogen) atoms. The van der Waals surface area contributed by atoms with Crippen LogP contribution < -0.4 is 4.74 Å². The van der Waals surface area contributed by atoms with Gasteiger partial charge in [0.05, 0.1) is 20.8 Å². The lowest BCUT2D eigenvalue weighted by atomic mass is 9.83. The molecule has 1 rings (SSSR count). The molecular formula is C12H15ClO4. The van der Waals surface area contributed by atoms with E-state index in [4.69, 9.17) is 21.1 Å². The largest absolute Gasteiger partial charge is 0.497 e. The Balaban J connectivity index is 3.32. The fourth-order valence-corrected chi connectivity index (χ4v) is 1.87. The Hall–Kier alpha value is -1.26. The number of esters is 1. The van der Waals surface area contributed by atoms with E-state index in [0.717, 1.165) is 0 Å². The van der Waals surface area contributed by atoms with Crippen molar-refractivity contribution < 1.29 is 19.4 Å². The number of hydrogen-bond acceptors (Lipinski definition) is 4. The summed E-state index contributed by atoms with van der Waals surface area (Å²) < 4.78 is 9.76. The summed E-state index contributed by atoms with van der Waals surface area (Å²) in [6.45, 7) is 1.17. The zero-order chi connectivity index (χ0) is 13.1. The zero-order valence-electron chi connectivity index (χ0n) is 9.99. The van der Waals surface area contributed by atoms with E-state index < -0.39 is 18.0 Å². The van der Waals surface area contributed by atoms with Crippen LogP contribution in [0, 0.1) is 0 Å².